The number of nitrogens with zero attached hydrogens (tertiary/aromatic N) is 1. The summed E-state index contributed by atoms with van der Waals surface area (Å²) in [7, 11) is 0. The third kappa shape index (κ3) is 3.08. The molecule has 0 aliphatic carbocycles. The highest BCUT2D eigenvalue weighted by atomic mass is 32.1. The molecule has 1 aromatic rings. The highest BCUT2D eigenvalue weighted by Crippen LogP contribution is 2.18. The summed E-state index contributed by atoms with van der Waals surface area (Å²) >= 11 is 1.81. The predicted octanol–water partition coefficient (Wildman–Crippen LogP) is 2.29. The molecule has 0 aromatic carbocycles. The molecule has 1 unspecified atom stereocenters. The first kappa shape index (κ1) is 10.7. The van der Waals surface area contributed by atoms with Gasteiger partial charge in [-0.3, -0.25) is 0 Å². The van der Waals surface area contributed by atoms with E-state index in [1.807, 2.05) is 11.3 Å². The highest BCUT2D eigenvalue weighted by Gasteiger charge is 2.05. The van der Waals surface area contributed by atoms with E-state index in [1.165, 1.54) is 15.6 Å². The molecule has 0 saturated heterocycles. The maximum Gasteiger partial charge on any atom is 0.0930 e. The molecular formula is C10H18N2S. The van der Waals surface area contributed by atoms with Gasteiger partial charge in [-0.1, -0.05) is 6.92 Å². The topological polar surface area (TPSA) is 38.9 Å². The summed E-state index contributed by atoms with van der Waals surface area (Å²) in [5, 5.41) is 1.26. The van der Waals surface area contributed by atoms with E-state index in [0.717, 1.165) is 19.4 Å². The third-order valence-electron chi connectivity index (χ3n) is 2.33. The first-order chi connectivity index (χ1) is 6.13. The summed E-state index contributed by atoms with van der Waals surface area (Å²) < 4.78 is 0. The molecule has 0 spiro atoms. The van der Waals surface area contributed by atoms with Crippen molar-refractivity contribution in [3.63, 3.8) is 0 Å². The molecule has 0 radical (unpaired) electrons. The first-order valence-corrected chi connectivity index (χ1v) is 5.58. The third-order valence-corrected chi connectivity index (χ3v) is 3.46. The summed E-state index contributed by atoms with van der Waals surface area (Å²) in [6, 6.07) is 0. The molecule has 74 valence electrons. The standard InChI is InChI=1S/C10H18N2S/c1-7(6-11)4-5-10-12-8(2)9(3)13-10/h7H,4-6,11H2,1-3H3. The molecule has 0 aliphatic rings. The SMILES string of the molecule is Cc1nc(CCC(C)CN)sc1C. The quantitative estimate of drug-likeness (QED) is 0.806. The minimum atomic E-state index is 0.615. The van der Waals surface area contributed by atoms with Crippen molar-refractivity contribution in [3.05, 3.63) is 15.6 Å². The van der Waals surface area contributed by atoms with Crippen molar-refractivity contribution >= 4 is 11.3 Å². The largest absolute Gasteiger partial charge is 0.330 e. The van der Waals surface area contributed by atoms with Gasteiger partial charge in [0.05, 0.1) is 10.7 Å². The number of aromatic nitrogens is 1. The number of aryl methyl sites for hydroxylation is 3. The van der Waals surface area contributed by atoms with Gasteiger partial charge in [0.15, 0.2) is 0 Å². The van der Waals surface area contributed by atoms with Gasteiger partial charge >= 0.3 is 0 Å². The Hall–Kier alpha value is -0.410. The van der Waals surface area contributed by atoms with Gasteiger partial charge in [0, 0.05) is 4.88 Å². The Balaban J connectivity index is 2.45. The number of thiazole rings is 1. The lowest BCUT2D eigenvalue weighted by Crippen LogP contribution is -2.11. The average Bonchev–Trinajstić information content (AvgIpc) is 2.42. The van der Waals surface area contributed by atoms with Gasteiger partial charge in [0.25, 0.3) is 0 Å². The zero-order valence-corrected chi connectivity index (χ0v) is 9.45. The van der Waals surface area contributed by atoms with E-state index in [4.69, 9.17) is 5.73 Å². The zero-order valence-electron chi connectivity index (χ0n) is 8.63. The Morgan fingerprint density at radius 1 is 1.46 bits per heavy atom. The molecule has 0 fully saturated rings. The van der Waals surface area contributed by atoms with Crippen molar-refractivity contribution in [2.75, 3.05) is 6.54 Å². The van der Waals surface area contributed by atoms with Gasteiger partial charge in [0.2, 0.25) is 0 Å². The van der Waals surface area contributed by atoms with Crippen LogP contribution in [0.15, 0.2) is 0 Å². The van der Waals surface area contributed by atoms with Crippen LogP contribution in [0.5, 0.6) is 0 Å². The van der Waals surface area contributed by atoms with E-state index < -0.39 is 0 Å². The van der Waals surface area contributed by atoms with Crippen LogP contribution in [0.1, 0.15) is 28.9 Å². The second-order valence-corrected chi connectivity index (χ2v) is 4.92. The Labute approximate surface area is 84.2 Å². The summed E-state index contributed by atoms with van der Waals surface area (Å²) in [4.78, 5) is 5.84. The molecule has 0 amide bonds. The first-order valence-electron chi connectivity index (χ1n) is 4.76. The fourth-order valence-corrected chi connectivity index (χ4v) is 2.08. The monoisotopic (exact) mass is 198 g/mol. The van der Waals surface area contributed by atoms with Gasteiger partial charge in [-0.05, 0) is 39.2 Å². The van der Waals surface area contributed by atoms with E-state index in [2.05, 4.69) is 25.8 Å². The molecule has 2 nitrogen and oxygen atoms in total. The lowest BCUT2D eigenvalue weighted by atomic mass is 10.1. The van der Waals surface area contributed by atoms with Gasteiger partial charge in [-0.25, -0.2) is 4.98 Å². The van der Waals surface area contributed by atoms with E-state index in [1.54, 1.807) is 0 Å². The molecule has 0 bridgehead atoms. The molecule has 1 atom stereocenters. The predicted molar refractivity (Wildman–Crippen MR) is 58.1 cm³/mol. The summed E-state index contributed by atoms with van der Waals surface area (Å²) in [5.74, 6) is 0.615. The van der Waals surface area contributed by atoms with Crippen LogP contribution in [0.25, 0.3) is 0 Å². The van der Waals surface area contributed by atoms with Crippen LogP contribution in [-0.4, -0.2) is 11.5 Å². The Kier molecular flexibility index (Phi) is 3.88. The fourth-order valence-electron chi connectivity index (χ4n) is 1.13. The Bertz CT molecular complexity index is 248. The molecular weight excluding hydrogens is 180 g/mol. The van der Waals surface area contributed by atoms with Crippen LogP contribution in [0, 0.1) is 19.8 Å². The molecule has 0 aliphatic heterocycles. The number of hydrogen-bond donors (Lipinski definition) is 1. The highest BCUT2D eigenvalue weighted by molar-refractivity contribution is 7.11. The van der Waals surface area contributed by atoms with Crippen molar-refractivity contribution in [1.82, 2.24) is 4.98 Å². The van der Waals surface area contributed by atoms with Gasteiger partial charge in [-0.15, -0.1) is 11.3 Å². The van der Waals surface area contributed by atoms with Crippen molar-refractivity contribution in [3.8, 4) is 0 Å². The van der Waals surface area contributed by atoms with E-state index in [-0.39, 0.29) is 0 Å². The number of hydrogen-bond acceptors (Lipinski definition) is 3. The minimum Gasteiger partial charge on any atom is -0.330 e. The summed E-state index contributed by atoms with van der Waals surface area (Å²) in [6.45, 7) is 7.17. The van der Waals surface area contributed by atoms with Crippen LogP contribution in [0.4, 0.5) is 0 Å². The van der Waals surface area contributed by atoms with E-state index in [9.17, 15) is 0 Å². The van der Waals surface area contributed by atoms with E-state index >= 15 is 0 Å². The van der Waals surface area contributed by atoms with Gasteiger partial charge < -0.3 is 5.73 Å². The van der Waals surface area contributed by atoms with E-state index in [0.29, 0.717) is 5.92 Å². The molecule has 1 heterocycles. The van der Waals surface area contributed by atoms with Crippen LogP contribution < -0.4 is 5.73 Å². The number of rotatable bonds is 4. The van der Waals surface area contributed by atoms with Gasteiger partial charge in [0.1, 0.15) is 0 Å². The van der Waals surface area contributed by atoms with Gasteiger partial charge in [-0.2, -0.15) is 0 Å². The average molecular weight is 198 g/mol. The Morgan fingerprint density at radius 3 is 2.62 bits per heavy atom. The zero-order chi connectivity index (χ0) is 9.84. The van der Waals surface area contributed by atoms with Crippen molar-refractivity contribution in [2.45, 2.75) is 33.6 Å². The fraction of sp³-hybridized carbons (Fsp3) is 0.700. The molecule has 3 heteroatoms. The van der Waals surface area contributed by atoms with Crippen molar-refractivity contribution in [1.29, 1.82) is 0 Å². The van der Waals surface area contributed by atoms with Crippen molar-refractivity contribution < 1.29 is 0 Å². The van der Waals surface area contributed by atoms with Crippen LogP contribution >= 0.6 is 11.3 Å². The Morgan fingerprint density at radius 2 is 2.15 bits per heavy atom. The molecule has 1 rings (SSSR count). The van der Waals surface area contributed by atoms with Crippen LogP contribution in [-0.2, 0) is 6.42 Å². The number of nitrogens with two attached hydrogens (primary N) is 1. The molecule has 1 aromatic heterocycles. The summed E-state index contributed by atoms with van der Waals surface area (Å²) in [5.41, 5.74) is 6.74. The van der Waals surface area contributed by atoms with Crippen LogP contribution in [0.3, 0.4) is 0 Å². The molecule has 0 saturated carbocycles. The normalized spacial score (nSPS) is 13.2. The van der Waals surface area contributed by atoms with Crippen molar-refractivity contribution in [2.24, 2.45) is 11.7 Å². The molecule has 2 N–H and O–H groups in total. The second-order valence-electron chi connectivity index (χ2n) is 3.63. The minimum absolute atomic E-state index is 0.615. The molecule has 13 heavy (non-hydrogen) atoms. The maximum absolute atomic E-state index is 5.55. The maximum atomic E-state index is 5.55. The smallest absolute Gasteiger partial charge is 0.0930 e. The second kappa shape index (κ2) is 4.72. The lowest BCUT2D eigenvalue weighted by molar-refractivity contribution is 0.543. The lowest BCUT2D eigenvalue weighted by Gasteiger charge is -2.04. The summed E-state index contributed by atoms with van der Waals surface area (Å²) in [6.07, 6.45) is 2.24. The van der Waals surface area contributed by atoms with Crippen LogP contribution in [0.2, 0.25) is 0 Å².